The Hall–Kier alpha value is -2.36. The van der Waals surface area contributed by atoms with Gasteiger partial charge in [0.1, 0.15) is 0 Å². The highest BCUT2D eigenvalue weighted by Gasteiger charge is 2.35. The molecule has 2 N–H and O–H groups in total. The Kier molecular flexibility index (Phi) is 6.84. The highest BCUT2D eigenvalue weighted by Crippen LogP contribution is 2.28. The second-order valence-electron chi connectivity index (χ2n) is 7.39. The van der Waals surface area contributed by atoms with Gasteiger partial charge in [-0.25, -0.2) is 13.1 Å². The topological polar surface area (TPSA) is 95.6 Å². The Morgan fingerprint density at radius 2 is 1.73 bits per heavy atom. The van der Waals surface area contributed by atoms with Crippen LogP contribution in [0.4, 0.5) is 11.4 Å². The zero-order chi connectivity index (χ0) is 21.9. The van der Waals surface area contributed by atoms with Gasteiger partial charge in [0, 0.05) is 35.3 Å². The second-order valence-corrected chi connectivity index (χ2v) is 9.99. The van der Waals surface area contributed by atoms with Crippen molar-refractivity contribution in [1.82, 2.24) is 4.72 Å². The first-order valence-electron chi connectivity index (χ1n) is 9.57. The van der Waals surface area contributed by atoms with Crippen molar-refractivity contribution in [3.8, 4) is 0 Å². The maximum Gasteiger partial charge on any atom is 0.240 e. The lowest BCUT2D eigenvalue weighted by atomic mass is 10.1. The van der Waals surface area contributed by atoms with Crippen LogP contribution in [0.2, 0.25) is 0 Å². The smallest absolute Gasteiger partial charge is 0.240 e. The Labute approximate surface area is 181 Å². The molecule has 0 saturated carbocycles. The van der Waals surface area contributed by atoms with Crippen LogP contribution < -0.4 is 14.9 Å². The van der Waals surface area contributed by atoms with Crippen molar-refractivity contribution in [1.29, 1.82) is 0 Å². The van der Waals surface area contributed by atoms with Crippen LogP contribution >= 0.6 is 11.8 Å². The van der Waals surface area contributed by atoms with E-state index in [4.69, 9.17) is 0 Å². The molecule has 3 rings (SSSR count). The number of rotatable bonds is 7. The molecular formula is C21H25N3O4S2. The number of benzene rings is 2. The summed E-state index contributed by atoms with van der Waals surface area (Å²) in [5.74, 6) is -0.820. The van der Waals surface area contributed by atoms with Gasteiger partial charge in [0.15, 0.2) is 0 Å². The lowest BCUT2D eigenvalue weighted by molar-refractivity contribution is -0.122. The summed E-state index contributed by atoms with van der Waals surface area (Å²) in [4.78, 5) is 27.9. The summed E-state index contributed by atoms with van der Waals surface area (Å²) < 4.78 is 26.9. The molecule has 0 aromatic heterocycles. The first-order valence-corrected chi connectivity index (χ1v) is 12.3. The normalized spacial score (nSPS) is 16.9. The lowest BCUT2D eigenvalue weighted by Crippen LogP contribution is -2.30. The average molecular weight is 448 g/mol. The van der Waals surface area contributed by atoms with Gasteiger partial charge in [0.2, 0.25) is 21.8 Å². The number of carbonyl (C=O) groups excluding carboxylic acids is 2. The van der Waals surface area contributed by atoms with Crippen LogP contribution in [0.1, 0.15) is 20.3 Å². The van der Waals surface area contributed by atoms with E-state index in [1.54, 1.807) is 42.6 Å². The minimum absolute atomic E-state index is 0.0896. The van der Waals surface area contributed by atoms with Gasteiger partial charge in [0.25, 0.3) is 0 Å². The Bertz CT molecular complexity index is 1020. The molecule has 1 aliphatic heterocycles. The fourth-order valence-corrected chi connectivity index (χ4v) is 4.89. The molecule has 2 aromatic carbocycles. The highest BCUT2D eigenvalue weighted by molar-refractivity contribution is 7.98. The molecule has 2 amide bonds. The van der Waals surface area contributed by atoms with Gasteiger partial charge in [0.05, 0.1) is 10.8 Å². The quantitative estimate of drug-likeness (QED) is 0.636. The number of nitrogens with zero attached hydrogens (tertiary/aromatic N) is 1. The first kappa shape index (κ1) is 22.3. The minimum atomic E-state index is -3.59. The van der Waals surface area contributed by atoms with Gasteiger partial charge < -0.3 is 10.2 Å². The fraction of sp³-hybridized carbons (Fsp3) is 0.333. The molecule has 2 aromatic rings. The summed E-state index contributed by atoms with van der Waals surface area (Å²) in [6.07, 6.45) is 2.13. The van der Waals surface area contributed by atoms with Crippen molar-refractivity contribution in [3.63, 3.8) is 0 Å². The number of hydrogen-bond donors (Lipinski definition) is 2. The maximum atomic E-state index is 12.6. The van der Waals surface area contributed by atoms with E-state index < -0.39 is 15.9 Å². The largest absolute Gasteiger partial charge is 0.326 e. The van der Waals surface area contributed by atoms with Crippen molar-refractivity contribution in [2.45, 2.75) is 36.1 Å². The monoisotopic (exact) mass is 447 g/mol. The van der Waals surface area contributed by atoms with E-state index in [1.807, 2.05) is 30.5 Å². The molecule has 0 unspecified atom stereocenters. The van der Waals surface area contributed by atoms with Crippen LogP contribution in [0.5, 0.6) is 0 Å². The minimum Gasteiger partial charge on any atom is -0.326 e. The number of carbonyl (C=O) groups is 2. The van der Waals surface area contributed by atoms with Crippen molar-refractivity contribution in [2.75, 3.05) is 23.0 Å². The van der Waals surface area contributed by atoms with Crippen molar-refractivity contribution >= 4 is 45.0 Å². The van der Waals surface area contributed by atoms with Crippen LogP contribution in [-0.2, 0) is 19.6 Å². The van der Waals surface area contributed by atoms with Crippen LogP contribution in [0.3, 0.4) is 0 Å². The summed E-state index contributed by atoms with van der Waals surface area (Å²) in [5, 5.41) is 2.78. The van der Waals surface area contributed by atoms with E-state index in [0.29, 0.717) is 12.2 Å². The summed E-state index contributed by atoms with van der Waals surface area (Å²) in [6, 6.07) is 13.4. The van der Waals surface area contributed by atoms with Gasteiger partial charge >= 0.3 is 0 Å². The molecule has 1 fully saturated rings. The van der Waals surface area contributed by atoms with Gasteiger partial charge in [-0.05, 0) is 68.6 Å². The third kappa shape index (κ3) is 5.21. The van der Waals surface area contributed by atoms with Gasteiger partial charge in [-0.2, -0.15) is 0 Å². The molecule has 30 heavy (non-hydrogen) atoms. The summed E-state index contributed by atoms with van der Waals surface area (Å²) in [6.45, 7) is 3.80. The SMILES string of the molecule is CSc1ccc(N2C[C@H](C(=O)Nc3ccc(S(=O)(=O)NC(C)C)cc3)CC2=O)cc1. The summed E-state index contributed by atoms with van der Waals surface area (Å²) in [7, 11) is -3.59. The third-order valence-electron chi connectivity index (χ3n) is 4.70. The average Bonchev–Trinajstić information content (AvgIpc) is 3.09. The third-order valence-corrected chi connectivity index (χ3v) is 7.12. The van der Waals surface area contributed by atoms with E-state index in [9.17, 15) is 18.0 Å². The number of hydrogen-bond acceptors (Lipinski definition) is 5. The summed E-state index contributed by atoms with van der Waals surface area (Å²) >= 11 is 1.62. The van der Waals surface area contributed by atoms with Crippen LogP contribution in [0, 0.1) is 5.92 Å². The van der Waals surface area contributed by atoms with Crippen molar-refractivity contribution in [3.05, 3.63) is 48.5 Å². The van der Waals surface area contributed by atoms with Crippen LogP contribution in [0.25, 0.3) is 0 Å². The van der Waals surface area contributed by atoms with Gasteiger partial charge in [-0.1, -0.05) is 0 Å². The lowest BCUT2D eigenvalue weighted by Gasteiger charge is -2.17. The Morgan fingerprint density at radius 3 is 2.30 bits per heavy atom. The zero-order valence-electron chi connectivity index (χ0n) is 17.1. The van der Waals surface area contributed by atoms with Crippen molar-refractivity contribution < 1.29 is 18.0 Å². The molecular weight excluding hydrogens is 422 g/mol. The van der Waals surface area contributed by atoms with E-state index in [2.05, 4.69) is 10.0 Å². The van der Waals surface area contributed by atoms with Gasteiger partial charge in [-0.15, -0.1) is 11.8 Å². The maximum absolute atomic E-state index is 12.6. The zero-order valence-corrected chi connectivity index (χ0v) is 18.7. The predicted molar refractivity (Wildman–Crippen MR) is 119 cm³/mol. The first-order chi connectivity index (χ1) is 14.2. The summed E-state index contributed by atoms with van der Waals surface area (Å²) in [5.41, 5.74) is 1.26. The van der Waals surface area contributed by atoms with E-state index in [-0.39, 0.29) is 29.2 Å². The molecule has 0 radical (unpaired) electrons. The van der Waals surface area contributed by atoms with Crippen LogP contribution in [0.15, 0.2) is 58.3 Å². The number of amides is 2. The van der Waals surface area contributed by atoms with Crippen molar-refractivity contribution in [2.24, 2.45) is 5.92 Å². The molecule has 1 heterocycles. The molecule has 160 valence electrons. The van der Waals surface area contributed by atoms with E-state index >= 15 is 0 Å². The highest BCUT2D eigenvalue weighted by atomic mass is 32.2. The molecule has 1 saturated heterocycles. The Balaban J connectivity index is 1.64. The molecule has 0 bridgehead atoms. The fourth-order valence-electron chi connectivity index (χ4n) is 3.23. The van der Waals surface area contributed by atoms with E-state index in [0.717, 1.165) is 10.6 Å². The molecule has 7 nitrogen and oxygen atoms in total. The number of anilines is 2. The molecule has 0 spiro atoms. The molecule has 1 atom stereocenters. The standard InChI is InChI=1S/C21H25N3O4S2/c1-14(2)23-30(27,28)19-10-4-16(5-11-19)22-21(26)15-12-20(25)24(13-15)17-6-8-18(29-3)9-7-17/h4-11,14-15,23H,12-13H2,1-3H3,(H,22,26)/t15-/m1/s1. The number of sulfonamides is 1. The molecule has 1 aliphatic rings. The predicted octanol–water partition coefficient (Wildman–Crippen LogP) is 3.09. The number of nitrogens with one attached hydrogen (secondary N) is 2. The molecule has 9 heteroatoms. The van der Waals surface area contributed by atoms with Gasteiger partial charge in [-0.3, -0.25) is 9.59 Å². The molecule has 0 aliphatic carbocycles. The van der Waals surface area contributed by atoms with E-state index in [1.165, 1.54) is 12.1 Å². The number of thioether (sulfide) groups is 1. The Morgan fingerprint density at radius 1 is 1.10 bits per heavy atom. The van der Waals surface area contributed by atoms with Crippen LogP contribution in [-0.4, -0.2) is 39.1 Å². The second kappa shape index (κ2) is 9.20.